The van der Waals surface area contributed by atoms with Crippen LogP contribution in [0.5, 0.6) is 11.5 Å². The van der Waals surface area contributed by atoms with Crippen LogP contribution in [0.3, 0.4) is 0 Å². The smallest absolute Gasteiger partial charge is 0.364 e. The molecule has 0 aliphatic carbocycles. The zero-order valence-corrected chi connectivity index (χ0v) is 14.0. The van der Waals surface area contributed by atoms with Gasteiger partial charge in [0.1, 0.15) is 11.5 Å². The van der Waals surface area contributed by atoms with Crippen LogP contribution >= 0.6 is 0 Å². The van der Waals surface area contributed by atoms with Crippen LogP contribution < -0.4 is 15.2 Å². The molecular formula is C18H18N4O3. The summed E-state index contributed by atoms with van der Waals surface area (Å²) in [6.45, 7) is 0. The Hall–Kier alpha value is -3.35. The number of hydrogen-bond acceptors (Lipinski definition) is 5. The molecule has 2 aromatic carbocycles. The van der Waals surface area contributed by atoms with Gasteiger partial charge in [0.25, 0.3) is 0 Å². The van der Waals surface area contributed by atoms with Crippen molar-refractivity contribution in [2.24, 2.45) is 5.10 Å². The van der Waals surface area contributed by atoms with Crippen molar-refractivity contribution in [3.63, 3.8) is 0 Å². The van der Waals surface area contributed by atoms with E-state index >= 15 is 0 Å². The van der Waals surface area contributed by atoms with Crippen LogP contribution in [-0.4, -0.2) is 35.3 Å². The van der Waals surface area contributed by atoms with Gasteiger partial charge in [-0.05, 0) is 17.7 Å². The zero-order chi connectivity index (χ0) is 17.6. The second-order valence-corrected chi connectivity index (χ2v) is 5.27. The minimum atomic E-state index is -0.394. The van der Waals surface area contributed by atoms with E-state index < -0.39 is 5.69 Å². The average molecular weight is 338 g/mol. The molecule has 0 amide bonds. The maximum absolute atomic E-state index is 12.0. The first-order valence-corrected chi connectivity index (χ1v) is 7.68. The SMILES string of the molecule is COc1ccc(/C=N/n2c(Cc3ccccc3)n[nH]c2=O)c(OC)c1. The fourth-order valence-electron chi connectivity index (χ4n) is 2.38. The number of benzene rings is 2. The number of H-pyrrole nitrogens is 1. The number of ether oxygens (including phenoxy) is 2. The molecule has 0 fully saturated rings. The summed E-state index contributed by atoms with van der Waals surface area (Å²) in [7, 11) is 3.15. The first-order chi connectivity index (χ1) is 12.2. The van der Waals surface area contributed by atoms with Crippen molar-refractivity contribution in [2.45, 2.75) is 6.42 Å². The van der Waals surface area contributed by atoms with E-state index in [2.05, 4.69) is 15.3 Å². The second kappa shape index (κ2) is 7.48. The van der Waals surface area contributed by atoms with E-state index in [9.17, 15) is 4.79 Å². The molecular weight excluding hydrogens is 320 g/mol. The maximum Gasteiger partial charge on any atom is 0.364 e. The van der Waals surface area contributed by atoms with E-state index in [1.165, 1.54) is 4.68 Å². The molecule has 0 saturated carbocycles. The second-order valence-electron chi connectivity index (χ2n) is 5.27. The van der Waals surface area contributed by atoms with Crippen LogP contribution in [0, 0.1) is 0 Å². The van der Waals surface area contributed by atoms with E-state index in [-0.39, 0.29) is 0 Å². The summed E-state index contributed by atoms with van der Waals surface area (Å²) >= 11 is 0. The Kier molecular flexibility index (Phi) is 4.94. The molecule has 0 atom stereocenters. The molecule has 0 bridgehead atoms. The van der Waals surface area contributed by atoms with Gasteiger partial charge in [-0.25, -0.2) is 9.89 Å². The average Bonchev–Trinajstić information content (AvgIpc) is 3.00. The van der Waals surface area contributed by atoms with Gasteiger partial charge in [-0.2, -0.15) is 14.9 Å². The normalized spacial score (nSPS) is 11.0. The topological polar surface area (TPSA) is 81.5 Å². The quantitative estimate of drug-likeness (QED) is 0.698. The number of hydrogen-bond donors (Lipinski definition) is 1. The molecule has 7 heteroatoms. The van der Waals surface area contributed by atoms with Crippen molar-refractivity contribution in [1.29, 1.82) is 0 Å². The highest BCUT2D eigenvalue weighted by Gasteiger charge is 2.09. The molecule has 1 N–H and O–H groups in total. The molecule has 0 spiro atoms. The van der Waals surface area contributed by atoms with Gasteiger partial charge in [-0.1, -0.05) is 30.3 Å². The molecule has 1 heterocycles. The van der Waals surface area contributed by atoms with Gasteiger partial charge in [0.15, 0.2) is 5.82 Å². The lowest BCUT2D eigenvalue weighted by Gasteiger charge is -2.07. The fraction of sp³-hybridized carbons (Fsp3) is 0.167. The first-order valence-electron chi connectivity index (χ1n) is 7.68. The molecule has 3 rings (SSSR count). The Bertz CT molecular complexity index is 929. The standard InChI is InChI=1S/C18H18N4O3/c1-24-15-9-8-14(16(11-15)25-2)12-19-22-17(20-21-18(22)23)10-13-6-4-3-5-7-13/h3-9,11-12H,10H2,1-2H3,(H,21,23)/b19-12+. The molecule has 1 aromatic heterocycles. The van der Waals surface area contributed by atoms with E-state index in [1.54, 1.807) is 32.6 Å². The lowest BCUT2D eigenvalue weighted by molar-refractivity contribution is 0.394. The highest BCUT2D eigenvalue weighted by atomic mass is 16.5. The number of nitrogens with zero attached hydrogens (tertiary/aromatic N) is 3. The minimum absolute atomic E-state index is 0.394. The van der Waals surface area contributed by atoms with Gasteiger partial charge >= 0.3 is 5.69 Å². The molecule has 0 aliphatic heterocycles. The lowest BCUT2D eigenvalue weighted by atomic mass is 10.1. The Morgan fingerprint density at radius 2 is 1.96 bits per heavy atom. The molecule has 7 nitrogen and oxygen atoms in total. The predicted molar refractivity (Wildman–Crippen MR) is 94.6 cm³/mol. The minimum Gasteiger partial charge on any atom is -0.497 e. The molecule has 0 radical (unpaired) electrons. The van der Waals surface area contributed by atoms with Gasteiger partial charge < -0.3 is 9.47 Å². The Morgan fingerprint density at radius 3 is 2.68 bits per heavy atom. The summed E-state index contributed by atoms with van der Waals surface area (Å²) in [5.41, 5.74) is 1.37. The molecule has 0 unspecified atom stereocenters. The monoisotopic (exact) mass is 338 g/mol. The largest absolute Gasteiger partial charge is 0.497 e. The Labute approximate surface area is 144 Å². The number of methoxy groups -OCH3 is 2. The molecule has 0 saturated heterocycles. The van der Waals surface area contributed by atoms with E-state index in [0.717, 1.165) is 11.1 Å². The van der Waals surface area contributed by atoms with Crippen LogP contribution in [0.15, 0.2) is 58.4 Å². The maximum atomic E-state index is 12.0. The summed E-state index contributed by atoms with van der Waals surface area (Å²) in [6.07, 6.45) is 2.06. The Balaban J connectivity index is 1.89. The third-order valence-electron chi connectivity index (χ3n) is 3.68. The van der Waals surface area contributed by atoms with E-state index in [4.69, 9.17) is 9.47 Å². The number of aromatic nitrogens is 3. The third-order valence-corrected chi connectivity index (χ3v) is 3.68. The zero-order valence-electron chi connectivity index (χ0n) is 14.0. The summed E-state index contributed by atoms with van der Waals surface area (Å²) in [5, 5.41) is 10.7. The van der Waals surface area contributed by atoms with Gasteiger partial charge in [0.05, 0.1) is 20.4 Å². The van der Waals surface area contributed by atoms with Gasteiger partial charge in [0, 0.05) is 18.1 Å². The van der Waals surface area contributed by atoms with E-state index in [1.807, 2.05) is 36.4 Å². The number of nitrogens with one attached hydrogen (secondary N) is 1. The first kappa shape index (κ1) is 16.5. The van der Waals surface area contributed by atoms with Crippen LogP contribution in [0.25, 0.3) is 0 Å². The van der Waals surface area contributed by atoms with Crippen molar-refractivity contribution in [3.8, 4) is 11.5 Å². The van der Waals surface area contributed by atoms with Gasteiger partial charge in [-0.15, -0.1) is 0 Å². The predicted octanol–water partition coefficient (Wildman–Crippen LogP) is 2.06. The van der Waals surface area contributed by atoms with Crippen molar-refractivity contribution >= 4 is 6.21 Å². The van der Waals surface area contributed by atoms with Crippen molar-refractivity contribution in [1.82, 2.24) is 14.9 Å². The van der Waals surface area contributed by atoms with Gasteiger partial charge in [0.2, 0.25) is 0 Å². The summed E-state index contributed by atoms with van der Waals surface area (Å²) in [6, 6.07) is 15.1. The highest BCUT2D eigenvalue weighted by Crippen LogP contribution is 2.23. The van der Waals surface area contributed by atoms with Crippen LogP contribution in [0.2, 0.25) is 0 Å². The Morgan fingerprint density at radius 1 is 1.16 bits per heavy atom. The van der Waals surface area contributed by atoms with Gasteiger partial charge in [-0.3, -0.25) is 0 Å². The third kappa shape index (κ3) is 3.77. The van der Waals surface area contributed by atoms with Crippen LogP contribution in [0.4, 0.5) is 0 Å². The molecule has 128 valence electrons. The van der Waals surface area contributed by atoms with Crippen molar-refractivity contribution < 1.29 is 9.47 Å². The summed E-state index contributed by atoms with van der Waals surface area (Å²) in [4.78, 5) is 12.0. The van der Waals surface area contributed by atoms with Crippen molar-refractivity contribution in [2.75, 3.05) is 14.2 Å². The highest BCUT2D eigenvalue weighted by molar-refractivity contribution is 5.83. The fourth-order valence-corrected chi connectivity index (χ4v) is 2.38. The molecule has 3 aromatic rings. The lowest BCUT2D eigenvalue weighted by Crippen LogP contribution is -2.15. The molecule has 0 aliphatic rings. The summed E-state index contributed by atoms with van der Waals surface area (Å²) in [5.74, 6) is 1.81. The van der Waals surface area contributed by atoms with E-state index in [0.29, 0.717) is 23.7 Å². The molecule has 25 heavy (non-hydrogen) atoms. The number of rotatable bonds is 6. The van der Waals surface area contributed by atoms with Crippen LogP contribution in [0.1, 0.15) is 17.0 Å². The van der Waals surface area contributed by atoms with Crippen LogP contribution in [-0.2, 0) is 6.42 Å². The number of aromatic amines is 1. The van der Waals surface area contributed by atoms with Crippen molar-refractivity contribution in [3.05, 3.63) is 76.0 Å². The summed E-state index contributed by atoms with van der Waals surface area (Å²) < 4.78 is 11.8.